The van der Waals surface area contributed by atoms with Crippen LogP contribution in [0, 0.1) is 0 Å². The summed E-state index contributed by atoms with van der Waals surface area (Å²) in [6.45, 7) is 1.57. The highest BCUT2D eigenvalue weighted by atomic mass is 32.1. The lowest BCUT2D eigenvalue weighted by Crippen LogP contribution is -2.02. The number of methoxy groups -OCH3 is 1. The summed E-state index contributed by atoms with van der Waals surface area (Å²) in [6.07, 6.45) is 1.94. The average Bonchev–Trinajstić information content (AvgIpc) is 2.82. The van der Waals surface area contributed by atoms with Gasteiger partial charge in [-0.05, 0) is 36.6 Å². The number of carbonyl (C=O) groups is 1. The maximum Gasteiger partial charge on any atom is 0.188 e. The van der Waals surface area contributed by atoms with Crippen LogP contribution in [-0.4, -0.2) is 17.9 Å². The summed E-state index contributed by atoms with van der Waals surface area (Å²) in [5, 5.41) is 0.615. The van der Waals surface area contributed by atoms with E-state index in [-0.39, 0.29) is 5.78 Å². The Kier molecular flexibility index (Phi) is 2.67. The minimum atomic E-state index is 0.0458. The molecule has 3 nitrogen and oxygen atoms in total. The molecular formula is C14H13NO2S. The van der Waals surface area contributed by atoms with Crippen LogP contribution < -0.4 is 4.74 Å². The highest BCUT2D eigenvalue weighted by Crippen LogP contribution is 2.37. The van der Waals surface area contributed by atoms with E-state index in [1.807, 2.05) is 12.1 Å². The van der Waals surface area contributed by atoms with Gasteiger partial charge in [-0.3, -0.25) is 4.79 Å². The molecule has 0 amide bonds. The second-order valence-corrected chi connectivity index (χ2v) is 5.45. The molecule has 0 fully saturated rings. The normalized spacial score (nSPS) is 12.8. The molecule has 92 valence electrons. The molecule has 2 aromatic rings. The summed E-state index contributed by atoms with van der Waals surface area (Å²) in [6, 6.07) is 6.04. The number of rotatable bonds is 2. The van der Waals surface area contributed by atoms with Crippen LogP contribution in [0.5, 0.6) is 5.75 Å². The molecule has 18 heavy (non-hydrogen) atoms. The maximum atomic E-state index is 11.4. The molecule has 0 atom stereocenters. The minimum Gasteiger partial charge on any atom is -0.497 e. The van der Waals surface area contributed by atoms with Crippen molar-refractivity contribution in [3.8, 4) is 17.0 Å². The Morgan fingerprint density at radius 1 is 1.39 bits per heavy atom. The Bertz CT molecular complexity index is 631. The number of fused-ring (bicyclic) bond motifs is 3. The van der Waals surface area contributed by atoms with Crippen molar-refractivity contribution in [1.29, 1.82) is 0 Å². The molecule has 0 saturated heterocycles. The second-order valence-electron chi connectivity index (χ2n) is 4.37. The molecule has 1 heterocycles. The lowest BCUT2D eigenvalue weighted by Gasteiger charge is -2.15. The Morgan fingerprint density at radius 3 is 2.94 bits per heavy atom. The number of ketones is 1. The first-order chi connectivity index (χ1) is 8.69. The first kappa shape index (κ1) is 11.4. The first-order valence-corrected chi connectivity index (χ1v) is 6.68. The second kappa shape index (κ2) is 4.21. The summed E-state index contributed by atoms with van der Waals surface area (Å²) >= 11 is 1.53. The van der Waals surface area contributed by atoms with Crippen LogP contribution in [0.4, 0.5) is 0 Å². The molecule has 0 saturated carbocycles. The van der Waals surface area contributed by atoms with Crippen molar-refractivity contribution in [2.24, 2.45) is 0 Å². The van der Waals surface area contributed by atoms with Gasteiger partial charge in [0, 0.05) is 17.4 Å². The summed E-state index contributed by atoms with van der Waals surface area (Å²) in [5.41, 5.74) is 3.37. The van der Waals surface area contributed by atoms with Crippen molar-refractivity contribution in [1.82, 2.24) is 4.98 Å². The predicted molar refractivity (Wildman–Crippen MR) is 71.5 cm³/mol. The number of aryl methyl sites for hydroxylation is 2. The highest BCUT2D eigenvalue weighted by Gasteiger charge is 2.22. The number of carbonyl (C=O) groups excluding carboxylic acids is 1. The van der Waals surface area contributed by atoms with E-state index in [4.69, 9.17) is 4.74 Å². The molecule has 0 N–H and O–H groups in total. The van der Waals surface area contributed by atoms with Crippen molar-refractivity contribution in [2.75, 3.05) is 7.11 Å². The van der Waals surface area contributed by atoms with Crippen molar-refractivity contribution in [2.45, 2.75) is 19.8 Å². The van der Waals surface area contributed by atoms with Gasteiger partial charge in [-0.2, -0.15) is 0 Å². The van der Waals surface area contributed by atoms with E-state index in [0.29, 0.717) is 5.01 Å². The number of thiazole rings is 1. The predicted octanol–water partition coefficient (Wildman–Crippen LogP) is 3.12. The van der Waals surface area contributed by atoms with E-state index in [0.717, 1.165) is 29.8 Å². The highest BCUT2D eigenvalue weighted by molar-refractivity contribution is 7.14. The van der Waals surface area contributed by atoms with Gasteiger partial charge in [-0.1, -0.05) is 0 Å². The molecule has 0 bridgehead atoms. The van der Waals surface area contributed by atoms with E-state index in [9.17, 15) is 4.79 Å². The maximum absolute atomic E-state index is 11.4. The lowest BCUT2D eigenvalue weighted by atomic mass is 9.93. The van der Waals surface area contributed by atoms with Crippen molar-refractivity contribution < 1.29 is 9.53 Å². The van der Waals surface area contributed by atoms with Crippen LogP contribution in [-0.2, 0) is 12.8 Å². The zero-order chi connectivity index (χ0) is 12.7. The molecule has 0 spiro atoms. The summed E-state index contributed by atoms with van der Waals surface area (Å²) in [4.78, 5) is 17.1. The van der Waals surface area contributed by atoms with Crippen LogP contribution in [0.1, 0.15) is 27.2 Å². The Morgan fingerprint density at radius 2 is 2.22 bits per heavy atom. The minimum absolute atomic E-state index is 0.0458. The molecule has 1 aliphatic carbocycles. The first-order valence-electron chi connectivity index (χ1n) is 5.87. The van der Waals surface area contributed by atoms with Crippen molar-refractivity contribution in [3.63, 3.8) is 0 Å². The van der Waals surface area contributed by atoms with E-state index in [1.54, 1.807) is 14.0 Å². The van der Waals surface area contributed by atoms with Crippen molar-refractivity contribution >= 4 is 17.1 Å². The molecule has 0 unspecified atom stereocenters. The fourth-order valence-corrected chi connectivity index (χ4v) is 3.24. The fourth-order valence-electron chi connectivity index (χ4n) is 2.27. The lowest BCUT2D eigenvalue weighted by molar-refractivity contribution is 0.101. The molecule has 0 aliphatic heterocycles. The van der Waals surface area contributed by atoms with Gasteiger partial charge in [0.05, 0.1) is 12.8 Å². The quantitative estimate of drug-likeness (QED) is 0.778. The summed E-state index contributed by atoms with van der Waals surface area (Å²) < 4.78 is 5.24. The third kappa shape index (κ3) is 1.73. The van der Waals surface area contributed by atoms with Crippen LogP contribution in [0.15, 0.2) is 18.2 Å². The number of ether oxygens (including phenoxy) is 1. The van der Waals surface area contributed by atoms with E-state index in [1.165, 1.54) is 21.8 Å². The number of hydrogen-bond donors (Lipinski definition) is 0. The number of Topliss-reactive ketones (excluding diaryl/α,β-unsaturated/α-hetero) is 1. The number of benzene rings is 1. The molecule has 1 aromatic heterocycles. The van der Waals surface area contributed by atoms with E-state index in [2.05, 4.69) is 11.1 Å². The molecule has 0 radical (unpaired) electrons. The number of aromatic nitrogens is 1. The van der Waals surface area contributed by atoms with Crippen molar-refractivity contribution in [3.05, 3.63) is 33.6 Å². The summed E-state index contributed by atoms with van der Waals surface area (Å²) in [7, 11) is 1.67. The van der Waals surface area contributed by atoms with Gasteiger partial charge in [0.15, 0.2) is 10.8 Å². The topological polar surface area (TPSA) is 39.2 Å². The number of nitrogens with zero attached hydrogens (tertiary/aromatic N) is 1. The van der Waals surface area contributed by atoms with Gasteiger partial charge >= 0.3 is 0 Å². The molecule has 4 heteroatoms. The van der Waals surface area contributed by atoms with Gasteiger partial charge in [0.25, 0.3) is 0 Å². The average molecular weight is 259 g/mol. The van der Waals surface area contributed by atoms with E-state index >= 15 is 0 Å². The Hall–Kier alpha value is -1.68. The molecule has 1 aliphatic rings. The Balaban J connectivity index is 2.13. The van der Waals surface area contributed by atoms with Crippen LogP contribution >= 0.6 is 11.3 Å². The zero-order valence-electron chi connectivity index (χ0n) is 10.3. The molecule has 3 rings (SSSR count). The van der Waals surface area contributed by atoms with Gasteiger partial charge in [0.1, 0.15) is 5.75 Å². The fraction of sp³-hybridized carbons (Fsp3) is 0.286. The third-order valence-corrected chi connectivity index (χ3v) is 4.40. The van der Waals surface area contributed by atoms with Gasteiger partial charge in [-0.25, -0.2) is 4.98 Å². The Labute approximate surface area is 109 Å². The summed E-state index contributed by atoms with van der Waals surface area (Å²) in [5.74, 6) is 0.920. The van der Waals surface area contributed by atoms with Gasteiger partial charge in [0.2, 0.25) is 0 Å². The van der Waals surface area contributed by atoms with Gasteiger partial charge in [-0.15, -0.1) is 11.3 Å². The molecule has 1 aromatic carbocycles. The van der Waals surface area contributed by atoms with Crippen LogP contribution in [0.2, 0.25) is 0 Å². The third-order valence-electron chi connectivity index (χ3n) is 3.19. The smallest absolute Gasteiger partial charge is 0.188 e. The van der Waals surface area contributed by atoms with Gasteiger partial charge < -0.3 is 4.74 Å². The largest absolute Gasteiger partial charge is 0.497 e. The molecular weight excluding hydrogens is 246 g/mol. The monoisotopic (exact) mass is 259 g/mol. The standard InChI is InChI=1S/C14H13NO2S/c1-8(16)14-15-13-11-5-4-10(17-2)7-9(11)3-6-12(13)18-14/h4-5,7H,3,6H2,1-2H3. The zero-order valence-corrected chi connectivity index (χ0v) is 11.1. The van der Waals surface area contributed by atoms with Crippen LogP contribution in [0.25, 0.3) is 11.3 Å². The number of hydrogen-bond acceptors (Lipinski definition) is 4. The SMILES string of the molecule is COc1ccc2c(c1)CCc1sc(C(C)=O)nc1-2. The van der Waals surface area contributed by atoms with Crippen LogP contribution in [0.3, 0.4) is 0 Å². The van der Waals surface area contributed by atoms with E-state index < -0.39 is 0 Å².